The Morgan fingerprint density at radius 3 is 2.73 bits per heavy atom. The minimum atomic E-state index is -0.0984. The molecule has 9 nitrogen and oxygen atoms in total. The summed E-state index contributed by atoms with van der Waals surface area (Å²) in [7, 11) is 1.72. The Morgan fingerprint density at radius 2 is 1.97 bits per heavy atom. The van der Waals surface area contributed by atoms with E-state index in [1.165, 1.54) is 10.2 Å². The third-order valence-corrected chi connectivity index (χ3v) is 6.62. The largest absolute Gasteiger partial charge is 0.363 e. The van der Waals surface area contributed by atoms with Gasteiger partial charge in [-0.2, -0.15) is 5.26 Å². The summed E-state index contributed by atoms with van der Waals surface area (Å²) in [6.07, 6.45) is 5.42. The second kappa shape index (κ2) is 8.30. The number of hydrogen-bond donors (Lipinski definition) is 0. The molecule has 1 aliphatic rings. The quantitative estimate of drug-likeness (QED) is 0.479. The number of nitrogens with zero attached hydrogens (tertiary/aromatic N) is 8. The number of hydrogen-bond acceptors (Lipinski definition) is 7. The number of nitriles is 1. The fraction of sp³-hybridized carbons (Fsp3) is 0.375. The van der Waals surface area contributed by atoms with Crippen molar-refractivity contribution in [3.05, 3.63) is 64.5 Å². The van der Waals surface area contributed by atoms with Crippen LogP contribution in [0.25, 0.3) is 16.7 Å². The van der Waals surface area contributed by atoms with Gasteiger partial charge in [0, 0.05) is 57.2 Å². The molecular weight excluding hydrogens is 416 g/mol. The number of aromatic nitrogens is 5. The highest BCUT2D eigenvalue weighted by molar-refractivity contribution is 5.74. The molecule has 2 atom stereocenters. The van der Waals surface area contributed by atoms with Crippen LogP contribution in [-0.4, -0.2) is 54.7 Å². The van der Waals surface area contributed by atoms with Crippen LogP contribution in [-0.2, 0) is 13.5 Å². The zero-order valence-corrected chi connectivity index (χ0v) is 19.0. The van der Waals surface area contributed by atoms with Crippen LogP contribution in [0, 0.1) is 11.3 Å². The van der Waals surface area contributed by atoms with E-state index >= 15 is 0 Å². The predicted octanol–water partition coefficient (Wildman–Crippen LogP) is 2.31. The summed E-state index contributed by atoms with van der Waals surface area (Å²) in [6.45, 7) is 6.89. The molecule has 4 aromatic rings. The van der Waals surface area contributed by atoms with Crippen LogP contribution in [0.5, 0.6) is 0 Å². The first-order valence-electron chi connectivity index (χ1n) is 11.1. The Morgan fingerprint density at radius 1 is 1.18 bits per heavy atom. The lowest BCUT2D eigenvalue weighted by Crippen LogP contribution is -2.53. The third kappa shape index (κ3) is 3.72. The van der Waals surface area contributed by atoms with Crippen molar-refractivity contribution in [2.75, 3.05) is 24.5 Å². The average Bonchev–Trinajstić information content (AvgIpc) is 3.25. The number of anilines is 1. The van der Waals surface area contributed by atoms with Crippen LogP contribution < -0.4 is 10.5 Å². The first kappa shape index (κ1) is 21.1. The van der Waals surface area contributed by atoms with Crippen LogP contribution in [0.15, 0.2) is 47.7 Å². The normalized spacial score (nSPS) is 18.0. The predicted molar refractivity (Wildman–Crippen MR) is 126 cm³/mol. The first-order chi connectivity index (χ1) is 16.0. The lowest BCUT2D eigenvalue weighted by molar-refractivity contribution is 0.176. The molecule has 0 bridgehead atoms. The number of imidazole rings is 1. The maximum Gasteiger partial charge on any atom is 0.267 e. The molecule has 9 heteroatoms. The van der Waals surface area contributed by atoms with Gasteiger partial charge in [-0.05, 0) is 31.5 Å². The van der Waals surface area contributed by atoms with Gasteiger partial charge in [-0.25, -0.2) is 14.2 Å². The zero-order valence-electron chi connectivity index (χ0n) is 19.0. The van der Waals surface area contributed by atoms with Gasteiger partial charge < -0.3 is 4.90 Å². The molecule has 0 saturated carbocycles. The first-order valence-corrected chi connectivity index (χ1v) is 11.1. The molecule has 0 aliphatic carbocycles. The van der Waals surface area contributed by atoms with Gasteiger partial charge in [-0.1, -0.05) is 6.07 Å². The van der Waals surface area contributed by atoms with Gasteiger partial charge in [0.05, 0.1) is 41.1 Å². The highest BCUT2D eigenvalue weighted by atomic mass is 16.1. The van der Waals surface area contributed by atoms with E-state index in [4.69, 9.17) is 5.26 Å². The molecule has 1 saturated heterocycles. The molecule has 1 aliphatic heterocycles. The number of piperazine rings is 1. The Balaban J connectivity index is 1.41. The average molecular weight is 443 g/mol. The molecule has 2 unspecified atom stereocenters. The molecule has 0 radical (unpaired) electrons. The number of rotatable bonds is 4. The highest BCUT2D eigenvalue weighted by Crippen LogP contribution is 2.29. The van der Waals surface area contributed by atoms with Crippen molar-refractivity contribution < 1.29 is 0 Å². The lowest BCUT2D eigenvalue weighted by Gasteiger charge is -2.43. The monoisotopic (exact) mass is 442 g/mol. The molecular formula is C24H26N8O. The molecule has 33 heavy (non-hydrogen) atoms. The van der Waals surface area contributed by atoms with Crippen LogP contribution in [0.3, 0.4) is 0 Å². The maximum atomic E-state index is 12.6. The van der Waals surface area contributed by atoms with Gasteiger partial charge in [0.15, 0.2) is 5.65 Å². The Hall–Kier alpha value is -3.77. The van der Waals surface area contributed by atoms with E-state index < -0.39 is 0 Å². The van der Waals surface area contributed by atoms with Crippen molar-refractivity contribution in [2.45, 2.75) is 32.4 Å². The summed E-state index contributed by atoms with van der Waals surface area (Å²) >= 11 is 0. The summed E-state index contributed by atoms with van der Waals surface area (Å²) in [4.78, 5) is 30.8. The van der Waals surface area contributed by atoms with Gasteiger partial charge in [0.2, 0.25) is 0 Å². The van der Waals surface area contributed by atoms with Crippen molar-refractivity contribution in [1.82, 2.24) is 29.0 Å². The standard InChI is InChI=1S/C24H26N8O/c1-16-14-30(17(2)18-4-5-20-21(12-18)27-9-8-26-20)10-11-31(16)22-13-23(33)29(3)32-15-19(6-7-25)28-24(22)32/h4-5,8-9,12-13,15-17H,6,10-11,14H2,1-3H3. The molecule has 168 valence electrons. The molecule has 0 N–H and O–H groups in total. The van der Waals surface area contributed by atoms with Crippen molar-refractivity contribution in [3.8, 4) is 6.07 Å². The van der Waals surface area contributed by atoms with Crippen LogP contribution >= 0.6 is 0 Å². The highest BCUT2D eigenvalue weighted by Gasteiger charge is 2.29. The zero-order chi connectivity index (χ0) is 23.1. The summed E-state index contributed by atoms with van der Waals surface area (Å²) in [6, 6.07) is 10.5. The topological polar surface area (TPSA) is 95.4 Å². The molecule has 0 amide bonds. The van der Waals surface area contributed by atoms with Crippen LogP contribution in [0.2, 0.25) is 0 Å². The Bertz CT molecular complexity index is 1430. The Labute approximate surface area is 191 Å². The van der Waals surface area contributed by atoms with E-state index in [2.05, 4.69) is 56.8 Å². The molecule has 4 heterocycles. The molecule has 1 aromatic carbocycles. The number of fused-ring (bicyclic) bond motifs is 2. The molecule has 3 aromatic heterocycles. The second-order valence-corrected chi connectivity index (χ2v) is 8.64. The summed E-state index contributed by atoms with van der Waals surface area (Å²) in [5, 5.41) is 9.07. The van der Waals surface area contributed by atoms with E-state index in [1.54, 1.807) is 36.2 Å². The fourth-order valence-corrected chi connectivity index (χ4v) is 4.73. The number of benzene rings is 1. The van der Waals surface area contributed by atoms with Gasteiger partial charge in [0.25, 0.3) is 5.56 Å². The van der Waals surface area contributed by atoms with Crippen molar-refractivity contribution >= 4 is 22.4 Å². The second-order valence-electron chi connectivity index (χ2n) is 8.64. The van der Waals surface area contributed by atoms with E-state index in [0.717, 1.165) is 36.4 Å². The third-order valence-electron chi connectivity index (χ3n) is 6.62. The lowest BCUT2D eigenvalue weighted by atomic mass is 10.0. The van der Waals surface area contributed by atoms with Gasteiger partial charge >= 0.3 is 0 Å². The van der Waals surface area contributed by atoms with Gasteiger partial charge in [-0.3, -0.25) is 19.7 Å². The van der Waals surface area contributed by atoms with E-state index in [0.29, 0.717) is 11.3 Å². The maximum absolute atomic E-state index is 12.6. The SMILES string of the molecule is CC(c1ccc2nccnc2c1)N1CCN(c2cc(=O)n(C)n3cc(CC#N)nc23)C(C)C1. The summed E-state index contributed by atoms with van der Waals surface area (Å²) in [5.74, 6) is 0. The Kier molecular flexibility index (Phi) is 5.30. The van der Waals surface area contributed by atoms with E-state index in [9.17, 15) is 4.79 Å². The minimum Gasteiger partial charge on any atom is -0.363 e. The van der Waals surface area contributed by atoms with E-state index in [1.807, 2.05) is 6.07 Å². The van der Waals surface area contributed by atoms with Gasteiger partial charge in [-0.15, -0.1) is 0 Å². The summed E-state index contributed by atoms with van der Waals surface area (Å²) in [5.41, 5.74) is 5.12. The van der Waals surface area contributed by atoms with E-state index in [-0.39, 0.29) is 24.1 Å². The number of aryl methyl sites for hydroxylation is 1. The molecule has 0 spiro atoms. The smallest absolute Gasteiger partial charge is 0.267 e. The van der Waals surface area contributed by atoms with Crippen LogP contribution in [0.1, 0.15) is 31.1 Å². The van der Waals surface area contributed by atoms with Crippen molar-refractivity contribution in [1.29, 1.82) is 5.26 Å². The molecule has 5 rings (SSSR count). The van der Waals surface area contributed by atoms with Crippen LogP contribution in [0.4, 0.5) is 5.69 Å². The minimum absolute atomic E-state index is 0.0984. The van der Waals surface area contributed by atoms with Crippen molar-refractivity contribution in [3.63, 3.8) is 0 Å². The molecule has 1 fully saturated rings. The van der Waals surface area contributed by atoms with Crippen molar-refractivity contribution in [2.24, 2.45) is 7.05 Å². The fourth-order valence-electron chi connectivity index (χ4n) is 4.73. The summed E-state index contributed by atoms with van der Waals surface area (Å²) < 4.78 is 3.28. The van der Waals surface area contributed by atoms with Gasteiger partial charge in [0.1, 0.15) is 0 Å².